The van der Waals surface area contributed by atoms with Crippen LogP contribution in [0.2, 0.25) is 0 Å². The summed E-state index contributed by atoms with van der Waals surface area (Å²) in [7, 11) is -1.86. The first kappa shape index (κ1) is 18.5. The number of anilines is 1. The summed E-state index contributed by atoms with van der Waals surface area (Å²) in [6.45, 7) is 3.07. The molecule has 3 aromatic rings. The van der Waals surface area contributed by atoms with Crippen molar-refractivity contribution >= 4 is 26.6 Å². The van der Waals surface area contributed by atoms with E-state index in [-0.39, 0.29) is 17.0 Å². The van der Waals surface area contributed by atoms with Crippen molar-refractivity contribution in [2.75, 3.05) is 25.1 Å². The van der Waals surface area contributed by atoms with Crippen LogP contribution in [-0.4, -0.2) is 33.6 Å². The van der Waals surface area contributed by atoms with Crippen molar-refractivity contribution in [3.8, 4) is 5.75 Å². The maximum Gasteiger partial charge on any atom is 0.252 e. The molecule has 0 unspecified atom stereocenters. The first-order valence-corrected chi connectivity index (χ1v) is 10.4. The van der Waals surface area contributed by atoms with Gasteiger partial charge in [-0.1, -0.05) is 18.2 Å². The van der Waals surface area contributed by atoms with E-state index in [1.54, 1.807) is 18.2 Å². The number of aryl methyl sites for hydroxylation is 1. The number of nitrogens with zero attached hydrogens (tertiary/aromatic N) is 1. The smallest absolute Gasteiger partial charge is 0.252 e. The summed E-state index contributed by atoms with van der Waals surface area (Å²) in [6, 6.07) is 12.2. The second-order valence-electron chi connectivity index (χ2n) is 6.89. The highest BCUT2D eigenvalue weighted by Crippen LogP contribution is 2.32. The number of pyridine rings is 1. The first-order chi connectivity index (χ1) is 13.3. The zero-order valence-electron chi connectivity index (χ0n) is 15.7. The Balaban J connectivity index is 1.60. The van der Waals surface area contributed by atoms with Gasteiger partial charge >= 0.3 is 0 Å². The third-order valence-electron chi connectivity index (χ3n) is 4.95. The maximum absolute atomic E-state index is 12.7. The van der Waals surface area contributed by atoms with E-state index >= 15 is 0 Å². The second kappa shape index (κ2) is 6.96. The molecule has 4 rings (SSSR count). The minimum atomic E-state index is -3.79. The molecular weight excluding hydrogens is 378 g/mol. The molecule has 0 spiro atoms. The van der Waals surface area contributed by atoms with Crippen molar-refractivity contribution in [1.29, 1.82) is 0 Å². The van der Waals surface area contributed by atoms with Gasteiger partial charge in [0.05, 0.1) is 22.6 Å². The molecule has 7 nitrogen and oxygen atoms in total. The molecule has 1 aliphatic rings. The predicted octanol–water partition coefficient (Wildman–Crippen LogP) is 2.14. The molecule has 1 aliphatic heterocycles. The topological polar surface area (TPSA) is 91.5 Å². The largest absolute Gasteiger partial charge is 0.490 e. The number of para-hydroxylation sites is 1. The number of sulfonamides is 1. The molecule has 0 fully saturated rings. The van der Waals surface area contributed by atoms with Crippen LogP contribution >= 0.6 is 0 Å². The maximum atomic E-state index is 12.7. The lowest BCUT2D eigenvalue weighted by Crippen LogP contribution is -2.30. The molecule has 0 atom stereocenters. The van der Waals surface area contributed by atoms with Crippen molar-refractivity contribution in [1.82, 2.24) is 9.71 Å². The van der Waals surface area contributed by atoms with Gasteiger partial charge in [0.25, 0.3) is 5.56 Å². The molecule has 2 N–H and O–H groups in total. The number of hydrogen-bond acceptors (Lipinski definition) is 5. The highest BCUT2D eigenvalue weighted by molar-refractivity contribution is 7.89. The van der Waals surface area contributed by atoms with Gasteiger partial charge in [0.15, 0.2) is 0 Å². The van der Waals surface area contributed by atoms with Gasteiger partial charge in [-0.2, -0.15) is 0 Å². The van der Waals surface area contributed by atoms with E-state index in [0.29, 0.717) is 17.9 Å². The third-order valence-corrected chi connectivity index (χ3v) is 6.35. The summed E-state index contributed by atoms with van der Waals surface area (Å²) >= 11 is 0. The quantitative estimate of drug-likeness (QED) is 0.701. The Labute approximate surface area is 163 Å². The summed E-state index contributed by atoms with van der Waals surface area (Å²) in [5.41, 5.74) is 2.62. The fourth-order valence-corrected chi connectivity index (χ4v) is 4.34. The average molecular weight is 399 g/mol. The number of aromatic nitrogens is 1. The normalized spacial score (nSPS) is 14.0. The molecule has 8 heteroatoms. The van der Waals surface area contributed by atoms with Crippen molar-refractivity contribution in [2.45, 2.75) is 18.4 Å². The Morgan fingerprint density at radius 1 is 1.21 bits per heavy atom. The van der Waals surface area contributed by atoms with Crippen LogP contribution in [0.1, 0.15) is 11.1 Å². The minimum Gasteiger partial charge on any atom is -0.490 e. The van der Waals surface area contributed by atoms with Gasteiger partial charge in [0.1, 0.15) is 12.4 Å². The summed E-state index contributed by atoms with van der Waals surface area (Å²) < 4.78 is 33.5. The fraction of sp³-hybridized carbons (Fsp3) is 0.250. The van der Waals surface area contributed by atoms with Gasteiger partial charge in [-0.05, 0) is 36.1 Å². The highest BCUT2D eigenvalue weighted by Gasteiger charge is 2.21. The molecular formula is C20H21N3O4S. The summed E-state index contributed by atoms with van der Waals surface area (Å²) in [6.07, 6.45) is 0. The molecule has 0 bridgehead atoms. The number of rotatable bonds is 4. The molecule has 1 aromatic heterocycles. The number of fused-ring (bicyclic) bond motifs is 2. The molecule has 28 heavy (non-hydrogen) atoms. The van der Waals surface area contributed by atoms with Gasteiger partial charge in [-0.25, -0.2) is 13.1 Å². The van der Waals surface area contributed by atoms with E-state index in [9.17, 15) is 13.2 Å². The lowest BCUT2D eigenvalue weighted by molar-refractivity contribution is 0.310. The van der Waals surface area contributed by atoms with E-state index in [1.165, 1.54) is 6.07 Å². The van der Waals surface area contributed by atoms with Gasteiger partial charge in [0.2, 0.25) is 10.0 Å². The van der Waals surface area contributed by atoms with Crippen LogP contribution in [0.5, 0.6) is 5.75 Å². The highest BCUT2D eigenvalue weighted by atomic mass is 32.2. The Hall–Kier alpha value is -2.84. The van der Waals surface area contributed by atoms with Crippen LogP contribution < -0.4 is 19.9 Å². The van der Waals surface area contributed by atoms with Gasteiger partial charge in [-0.15, -0.1) is 0 Å². The molecule has 0 saturated heterocycles. The van der Waals surface area contributed by atoms with Crippen LogP contribution in [0.15, 0.2) is 52.2 Å². The van der Waals surface area contributed by atoms with E-state index in [2.05, 4.69) is 9.71 Å². The molecule has 0 amide bonds. The number of nitrogens with one attached hydrogen (secondary N) is 2. The predicted molar refractivity (Wildman–Crippen MR) is 109 cm³/mol. The van der Waals surface area contributed by atoms with Crippen LogP contribution in [-0.2, 0) is 16.6 Å². The SMILES string of the molecule is Cc1cccc2cc(CNS(=O)(=O)c3ccc4c(c3)OCCN4C)c(=O)[nH]c12. The van der Waals surface area contributed by atoms with E-state index < -0.39 is 10.0 Å². The standard InChI is InChI=1S/C20H21N3O4S/c1-13-4-3-5-14-10-15(20(24)22-19(13)14)12-21-28(25,26)16-6-7-17-18(11-16)27-9-8-23(17)2/h3-7,10-11,21H,8-9,12H2,1-2H3,(H,22,24). The Kier molecular flexibility index (Phi) is 4.60. The van der Waals surface area contributed by atoms with Crippen molar-refractivity contribution < 1.29 is 13.2 Å². The number of aromatic amines is 1. The summed E-state index contributed by atoms with van der Waals surface area (Å²) in [5, 5.41) is 0.860. The number of ether oxygens (including phenoxy) is 1. The van der Waals surface area contributed by atoms with Gasteiger partial charge in [-0.3, -0.25) is 4.79 Å². The number of likely N-dealkylation sites (N-methyl/N-ethyl adjacent to an activating group) is 1. The van der Waals surface area contributed by atoms with E-state index in [0.717, 1.165) is 28.7 Å². The third kappa shape index (κ3) is 3.36. The average Bonchev–Trinajstić information content (AvgIpc) is 2.67. The Morgan fingerprint density at radius 2 is 2.04 bits per heavy atom. The molecule has 0 aliphatic carbocycles. The van der Waals surface area contributed by atoms with Crippen molar-refractivity contribution in [3.63, 3.8) is 0 Å². The first-order valence-electron chi connectivity index (χ1n) is 8.94. The van der Waals surface area contributed by atoms with Crippen molar-refractivity contribution in [3.05, 3.63) is 63.9 Å². The zero-order valence-corrected chi connectivity index (χ0v) is 16.5. The molecule has 2 heterocycles. The lowest BCUT2D eigenvalue weighted by Gasteiger charge is -2.27. The van der Waals surface area contributed by atoms with Gasteiger partial charge < -0.3 is 14.6 Å². The van der Waals surface area contributed by atoms with Crippen molar-refractivity contribution in [2.24, 2.45) is 0 Å². The van der Waals surface area contributed by atoms with Crippen LogP contribution in [0.4, 0.5) is 5.69 Å². The Bertz CT molecular complexity index is 1220. The summed E-state index contributed by atoms with van der Waals surface area (Å²) in [4.78, 5) is 17.3. The van der Waals surface area contributed by atoms with Gasteiger partial charge in [0, 0.05) is 25.2 Å². The van der Waals surface area contributed by atoms with Crippen LogP contribution in [0.3, 0.4) is 0 Å². The molecule has 146 valence electrons. The number of hydrogen-bond donors (Lipinski definition) is 2. The van der Waals surface area contributed by atoms with Crippen LogP contribution in [0.25, 0.3) is 10.9 Å². The molecule has 2 aromatic carbocycles. The monoisotopic (exact) mass is 399 g/mol. The van der Waals surface area contributed by atoms with Crippen LogP contribution in [0, 0.1) is 6.92 Å². The minimum absolute atomic E-state index is 0.0978. The second-order valence-corrected chi connectivity index (χ2v) is 8.65. The zero-order chi connectivity index (χ0) is 19.9. The Morgan fingerprint density at radius 3 is 2.86 bits per heavy atom. The lowest BCUT2D eigenvalue weighted by atomic mass is 10.1. The molecule has 0 saturated carbocycles. The molecule has 0 radical (unpaired) electrons. The van der Waals surface area contributed by atoms with E-state index in [1.807, 2.05) is 37.1 Å². The number of benzene rings is 2. The van der Waals surface area contributed by atoms with E-state index in [4.69, 9.17) is 4.74 Å². The summed E-state index contributed by atoms with van der Waals surface area (Å²) in [5.74, 6) is 0.538. The fourth-order valence-electron chi connectivity index (χ4n) is 3.32. The number of H-pyrrole nitrogens is 1.